The molecule has 0 bridgehead atoms. The summed E-state index contributed by atoms with van der Waals surface area (Å²) in [7, 11) is 0. The van der Waals surface area contributed by atoms with Gasteiger partial charge in [-0.25, -0.2) is 9.97 Å². The summed E-state index contributed by atoms with van der Waals surface area (Å²) in [6.45, 7) is 1.75. The van der Waals surface area contributed by atoms with E-state index in [9.17, 15) is 9.59 Å². The van der Waals surface area contributed by atoms with Gasteiger partial charge in [-0.2, -0.15) is 0 Å². The van der Waals surface area contributed by atoms with Crippen molar-refractivity contribution in [3.63, 3.8) is 0 Å². The van der Waals surface area contributed by atoms with Crippen molar-refractivity contribution in [3.8, 4) is 0 Å². The fourth-order valence-corrected chi connectivity index (χ4v) is 1.27. The lowest BCUT2D eigenvalue weighted by Gasteiger charge is -2.03. The highest BCUT2D eigenvalue weighted by molar-refractivity contribution is 5.92. The molecule has 1 fully saturated rings. The average Bonchev–Trinajstić information content (AvgIpc) is 2.99. The standard InChI is InChI=1S/C10H11N3O2/c1-6-4-8(5-14)12-10(11-6)13-9(15)7-2-3-7/h4-5,7H,2-3H2,1H3,(H,11,12,13,15). The lowest BCUT2D eigenvalue weighted by molar-refractivity contribution is -0.117. The van der Waals surface area contributed by atoms with Crippen molar-refractivity contribution in [2.45, 2.75) is 19.8 Å². The third-order valence-corrected chi connectivity index (χ3v) is 2.18. The molecule has 0 atom stereocenters. The summed E-state index contributed by atoms with van der Waals surface area (Å²) in [4.78, 5) is 29.9. The highest BCUT2D eigenvalue weighted by Crippen LogP contribution is 2.29. The number of aromatic nitrogens is 2. The second kappa shape index (κ2) is 3.76. The van der Waals surface area contributed by atoms with Crippen molar-refractivity contribution >= 4 is 18.1 Å². The normalized spacial score (nSPS) is 14.7. The summed E-state index contributed by atoms with van der Waals surface area (Å²) in [6, 6.07) is 1.57. The highest BCUT2D eigenvalue weighted by Gasteiger charge is 2.30. The minimum absolute atomic E-state index is 0.0579. The van der Waals surface area contributed by atoms with Crippen LogP contribution < -0.4 is 5.32 Å². The van der Waals surface area contributed by atoms with E-state index in [-0.39, 0.29) is 23.5 Å². The molecule has 1 aliphatic rings. The maximum atomic E-state index is 11.4. The molecule has 0 aliphatic heterocycles. The zero-order valence-electron chi connectivity index (χ0n) is 8.36. The first kappa shape index (κ1) is 9.76. The van der Waals surface area contributed by atoms with E-state index in [2.05, 4.69) is 15.3 Å². The van der Waals surface area contributed by atoms with Gasteiger partial charge in [0, 0.05) is 11.6 Å². The predicted molar refractivity (Wildman–Crippen MR) is 53.5 cm³/mol. The molecule has 1 aromatic heterocycles. The Morgan fingerprint density at radius 1 is 1.53 bits per heavy atom. The van der Waals surface area contributed by atoms with Crippen LogP contribution in [0.4, 0.5) is 5.95 Å². The van der Waals surface area contributed by atoms with Crippen molar-refractivity contribution in [2.75, 3.05) is 5.32 Å². The van der Waals surface area contributed by atoms with Crippen LogP contribution >= 0.6 is 0 Å². The summed E-state index contributed by atoms with van der Waals surface area (Å²) in [5, 5.41) is 2.60. The molecule has 1 aromatic rings. The molecule has 0 aromatic carbocycles. The largest absolute Gasteiger partial charge is 0.296 e. The van der Waals surface area contributed by atoms with Gasteiger partial charge in [-0.05, 0) is 25.8 Å². The van der Waals surface area contributed by atoms with Crippen LogP contribution in [0.25, 0.3) is 0 Å². The van der Waals surface area contributed by atoms with E-state index in [4.69, 9.17) is 0 Å². The Balaban J connectivity index is 2.15. The molecule has 1 saturated carbocycles. The number of amides is 1. The summed E-state index contributed by atoms with van der Waals surface area (Å²) >= 11 is 0. The van der Waals surface area contributed by atoms with E-state index >= 15 is 0 Å². The van der Waals surface area contributed by atoms with Gasteiger partial charge in [-0.15, -0.1) is 0 Å². The lowest BCUT2D eigenvalue weighted by atomic mass is 10.3. The highest BCUT2D eigenvalue weighted by atomic mass is 16.2. The zero-order valence-corrected chi connectivity index (χ0v) is 8.36. The monoisotopic (exact) mass is 205 g/mol. The van der Waals surface area contributed by atoms with Crippen LogP contribution in [0, 0.1) is 12.8 Å². The lowest BCUT2D eigenvalue weighted by Crippen LogP contribution is -2.16. The van der Waals surface area contributed by atoms with Crippen LogP contribution in [-0.2, 0) is 4.79 Å². The van der Waals surface area contributed by atoms with Crippen LogP contribution in [0.1, 0.15) is 29.0 Å². The quantitative estimate of drug-likeness (QED) is 0.745. The van der Waals surface area contributed by atoms with Crippen molar-refractivity contribution in [2.24, 2.45) is 5.92 Å². The molecule has 5 heteroatoms. The first-order chi connectivity index (χ1) is 7.19. The van der Waals surface area contributed by atoms with Crippen LogP contribution in [0.5, 0.6) is 0 Å². The number of aryl methyl sites for hydroxylation is 1. The van der Waals surface area contributed by atoms with E-state index < -0.39 is 0 Å². The van der Waals surface area contributed by atoms with E-state index in [1.54, 1.807) is 13.0 Å². The number of carbonyl (C=O) groups excluding carboxylic acids is 2. The molecule has 0 radical (unpaired) electrons. The molecule has 0 unspecified atom stereocenters. The van der Waals surface area contributed by atoms with Gasteiger partial charge in [-0.3, -0.25) is 14.9 Å². The van der Waals surface area contributed by atoms with Crippen molar-refractivity contribution in [1.82, 2.24) is 9.97 Å². The van der Waals surface area contributed by atoms with Gasteiger partial charge in [0.1, 0.15) is 5.69 Å². The fraction of sp³-hybridized carbons (Fsp3) is 0.400. The second-order valence-electron chi connectivity index (χ2n) is 3.64. The van der Waals surface area contributed by atoms with Gasteiger partial charge in [-0.1, -0.05) is 0 Å². The maximum Gasteiger partial charge on any atom is 0.230 e. The summed E-state index contributed by atoms with van der Waals surface area (Å²) < 4.78 is 0. The van der Waals surface area contributed by atoms with E-state index in [1.807, 2.05) is 0 Å². The molecular formula is C10H11N3O2. The first-order valence-electron chi connectivity index (χ1n) is 4.81. The molecule has 0 spiro atoms. The van der Waals surface area contributed by atoms with E-state index in [0.717, 1.165) is 12.8 Å². The molecule has 1 amide bonds. The smallest absolute Gasteiger partial charge is 0.230 e. The number of hydrogen-bond acceptors (Lipinski definition) is 4. The molecule has 1 aliphatic carbocycles. The SMILES string of the molecule is Cc1cc(C=O)nc(NC(=O)C2CC2)n1. The predicted octanol–water partition coefficient (Wildman–Crippen LogP) is 0.946. The van der Waals surface area contributed by atoms with Crippen LogP contribution in [-0.4, -0.2) is 22.2 Å². The molecule has 2 rings (SSSR count). The Bertz CT molecular complexity index is 413. The summed E-state index contributed by atoms with van der Waals surface area (Å²) in [5.74, 6) is 0.264. The topological polar surface area (TPSA) is 72.0 Å². The van der Waals surface area contributed by atoms with Gasteiger partial charge >= 0.3 is 0 Å². The third-order valence-electron chi connectivity index (χ3n) is 2.18. The first-order valence-corrected chi connectivity index (χ1v) is 4.81. The molecule has 0 saturated heterocycles. The molecule has 5 nitrogen and oxygen atoms in total. The number of carbonyl (C=O) groups is 2. The van der Waals surface area contributed by atoms with Gasteiger partial charge in [0.2, 0.25) is 11.9 Å². The van der Waals surface area contributed by atoms with Crippen molar-refractivity contribution in [1.29, 1.82) is 0 Å². The Morgan fingerprint density at radius 2 is 2.27 bits per heavy atom. The van der Waals surface area contributed by atoms with Crippen LogP contribution in [0.15, 0.2) is 6.07 Å². The van der Waals surface area contributed by atoms with Gasteiger partial charge < -0.3 is 0 Å². The number of aldehydes is 1. The molecular weight excluding hydrogens is 194 g/mol. The molecule has 1 N–H and O–H groups in total. The van der Waals surface area contributed by atoms with Gasteiger partial charge in [0.15, 0.2) is 6.29 Å². The maximum absolute atomic E-state index is 11.4. The number of anilines is 1. The molecule has 78 valence electrons. The van der Waals surface area contributed by atoms with Crippen LogP contribution in [0.2, 0.25) is 0 Å². The Hall–Kier alpha value is -1.78. The van der Waals surface area contributed by atoms with Gasteiger partial charge in [0.05, 0.1) is 0 Å². The van der Waals surface area contributed by atoms with Crippen molar-refractivity contribution in [3.05, 3.63) is 17.5 Å². The summed E-state index contributed by atoms with van der Waals surface area (Å²) in [6.07, 6.45) is 2.50. The number of hydrogen-bond donors (Lipinski definition) is 1. The summed E-state index contributed by atoms with van der Waals surface area (Å²) in [5.41, 5.74) is 0.951. The van der Waals surface area contributed by atoms with E-state index in [1.165, 1.54) is 0 Å². The number of nitrogens with zero attached hydrogens (tertiary/aromatic N) is 2. The Kier molecular flexibility index (Phi) is 2.45. The average molecular weight is 205 g/mol. The number of nitrogens with one attached hydrogen (secondary N) is 1. The van der Waals surface area contributed by atoms with Gasteiger partial charge in [0.25, 0.3) is 0 Å². The Labute approximate surface area is 86.9 Å². The minimum atomic E-state index is -0.0579. The number of rotatable bonds is 3. The van der Waals surface area contributed by atoms with Crippen molar-refractivity contribution < 1.29 is 9.59 Å². The molecule has 1 heterocycles. The molecule has 15 heavy (non-hydrogen) atoms. The minimum Gasteiger partial charge on any atom is -0.296 e. The second-order valence-corrected chi connectivity index (χ2v) is 3.64. The van der Waals surface area contributed by atoms with Crippen LogP contribution in [0.3, 0.4) is 0 Å². The third kappa shape index (κ3) is 2.37. The fourth-order valence-electron chi connectivity index (χ4n) is 1.27. The zero-order chi connectivity index (χ0) is 10.8. The van der Waals surface area contributed by atoms with E-state index in [0.29, 0.717) is 12.0 Å². The Morgan fingerprint density at radius 3 is 2.87 bits per heavy atom.